The maximum Gasteiger partial charge on any atom is 0.129 e. The quantitative estimate of drug-likeness (QED) is 0.717. The van der Waals surface area contributed by atoms with E-state index in [-0.39, 0.29) is 0 Å². The Balaban J connectivity index is 2.20. The lowest BCUT2D eigenvalue weighted by Gasteiger charge is -2.09. The van der Waals surface area contributed by atoms with E-state index in [1.165, 1.54) is 12.8 Å². The first-order valence-corrected chi connectivity index (χ1v) is 6.62. The van der Waals surface area contributed by atoms with Crippen molar-refractivity contribution in [1.82, 2.24) is 5.32 Å². The minimum Gasteiger partial charge on any atom is -0.462 e. The van der Waals surface area contributed by atoms with Gasteiger partial charge in [-0.2, -0.15) is 0 Å². The van der Waals surface area contributed by atoms with Gasteiger partial charge < -0.3 is 14.5 Å². The van der Waals surface area contributed by atoms with E-state index in [9.17, 15) is 0 Å². The predicted octanol–water partition coefficient (Wildman–Crippen LogP) is 3.34. The van der Waals surface area contributed by atoms with Crippen molar-refractivity contribution in [3.8, 4) is 0 Å². The highest BCUT2D eigenvalue weighted by molar-refractivity contribution is 5.06. The molecule has 0 saturated carbocycles. The Morgan fingerprint density at radius 1 is 1.29 bits per heavy atom. The molecule has 1 rings (SSSR count). The van der Waals surface area contributed by atoms with Crippen LogP contribution < -0.4 is 5.32 Å². The van der Waals surface area contributed by atoms with E-state index in [0.29, 0.717) is 12.5 Å². The van der Waals surface area contributed by atoms with Crippen molar-refractivity contribution in [2.24, 2.45) is 5.92 Å². The van der Waals surface area contributed by atoms with Gasteiger partial charge >= 0.3 is 0 Å². The molecule has 0 fully saturated rings. The molecule has 0 bridgehead atoms. The van der Waals surface area contributed by atoms with E-state index in [4.69, 9.17) is 9.15 Å². The molecule has 98 valence electrons. The van der Waals surface area contributed by atoms with Crippen LogP contribution in [0.25, 0.3) is 0 Å². The van der Waals surface area contributed by atoms with E-state index in [0.717, 1.165) is 31.2 Å². The molecule has 0 aliphatic heterocycles. The summed E-state index contributed by atoms with van der Waals surface area (Å²) in [6, 6.07) is 4.01. The zero-order valence-corrected chi connectivity index (χ0v) is 11.3. The van der Waals surface area contributed by atoms with E-state index < -0.39 is 0 Å². The molecule has 1 N–H and O–H groups in total. The molecule has 3 nitrogen and oxygen atoms in total. The van der Waals surface area contributed by atoms with E-state index >= 15 is 0 Å². The van der Waals surface area contributed by atoms with Crippen molar-refractivity contribution in [3.05, 3.63) is 23.7 Å². The lowest BCUT2D eigenvalue weighted by Crippen LogP contribution is -2.10. The van der Waals surface area contributed by atoms with Gasteiger partial charge in [0.05, 0.1) is 6.54 Å². The van der Waals surface area contributed by atoms with Crippen molar-refractivity contribution in [2.45, 2.75) is 46.8 Å². The SMILES string of the molecule is CCCC(C)COCc1ccc(CNCC)o1. The minimum atomic E-state index is 0.584. The fourth-order valence-corrected chi connectivity index (χ4v) is 1.78. The lowest BCUT2D eigenvalue weighted by atomic mass is 10.1. The molecular formula is C14H25NO2. The summed E-state index contributed by atoms with van der Waals surface area (Å²) in [4.78, 5) is 0. The number of hydrogen-bond acceptors (Lipinski definition) is 3. The van der Waals surface area contributed by atoms with Gasteiger partial charge in [0.2, 0.25) is 0 Å². The van der Waals surface area contributed by atoms with Crippen LogP contribution in [0.4, 0.5) is 0 Å². The summed E-state index contributed by atoms with van der Waals surface area (Å²) in [5.74, 6) is 2.53. The van der Waals surface area contributed by atoms with Gasteiger partial charge in [0.25, 0.3) is 0 Å². The number of rotatable bonds is 9. The Kier molecular flexibility index (Phi) is 6.97. The van der Waals surface area contributed by atoms with Gasteiger partial charge in [-0.1, -0.05) is 27.2 Å². The Bertz CT molecular complexity index is 296. The second kappa shape index (κ2) is 8.31. The molecule has 0 amide bonds. The third kappa shape index (κ3) is 5.89. The van der Waals surface area contributed by atoms with Crippen LogP contribution in [0.3, 0.4) is 0 Å². The Hall–Kier alpha value is -0.800. The third-order valence-corrected chi connectivity index (χ3v) is 2.69. The molecule has 1 atom stereocenters. The summed E-state index contributed by atoms with van der Waals surface area (Å²) < 4.78 is 11.3. The second-order valence-electron chi connectivity index (χ2n) is 4.56. The zero-order valence-electron chi connectivity index (χ0n) is 11.3. The normalized spacial score (nSPS) is 12.9. The van der Waals surface area contributed by atoms with Gasteiger partial charge in [-0.15, -0.1) is 0 Å². The fraction of sp³-hybridized carbons (Fsp3) is 0.714. The largest absolute Gasteiger partial charge is 0.462 e. The van der Waals surface area contributed by atoms with Crippen LogP contribution in [0.5, 0.6) is 0 Å². The van der Waals surface area contributed by atoms with Crippen LogP contribution in [-0.2, 0) is 17.9 Å². The first-order valence-electron chi connectivity index (χ1n) is 6.62. The van der Waals surface area contributed by atoms with Gasteiger partial charge in [-0.3, -0.25) is 0 Å². The summed E-state index contributed by atoms with van der Waals surface area (Å²) in [5.41, 5.74) is 0. The number of nitrogens with one attached hydrogen (secondary N) is 1. The van der Waals surface area contributed by atoms with Crippen LogP contribution in [-0.4, -0.2) is 13.2 Å². The van der Waals surface area contributed by atoms with Gasteiger partial charge in [0.1, 0.15) is 18.1 Å². The molecule has 0 aromatic carbocycles. The van der Waals surface area contributed by atoms with Crippen LogP contribution in [0.1, 0.15) is 45.1 Å². The molecule has 3 heteroatoms. The molecule has 0 spiro atoms. The summed E-state index contributed by atoms with van der Waals surface area (Å²) in [5, 5.41) is 3.23. The number of furan rings is 1. The molecule has 1 unspecified atom stereocenters. The zero-order chi connectivity index (χ0) is 12.5. The van der Waals surface area contributed by atoms with E-state index in [2.05, 4.69) is 26.1 Å². The molecule has 0 aliphatic rings. The molecular weight excluding hydrogens is 214 g/mol. The van der Waals surface area contributed by atoms with Gasteiger partial charge in [-0.25, -0.2) is 0 Å². The third-order valence-electron chi connectivity index (χ3n) is 2.69. The van der Waals surface area contributed by atoms with Gasteiger partial charge in [-0.05, 0) is 31.0 Å². The van der Waals surface area contributed by atoms with Crippen LogP contribution in [0.15, 0.2) is 16.5 Å². The Labute approximate surface area is 105 Å². The molecule has 17 heavy (non-hydrogen) atoms. The first-order chi connectivity index (χ1) is 8.26. The number of hydrogen-bond donors (Lipinski definition) is 1. The summed E-state index contributed by atoms with van der Waals surface area (Å²) in [6.45, 7) is 9.67. The summed E-state index contributed by atoms with van der Waals surface area (Å²) in [6.07, 6.45) is 2.45. The highest BCUT2D eigenvalue weighted by atomic mass is 16.5. The highest BCUT2D eigenvalue weighted by Gasteiger charge is 2.04. The van der Waals surface area contributed by atoms with Gasteiger partial charge in [0, 0.05) is 6.61 Å². The van der Waals surface area contributed by atoms with Crippen LogP contribution >= 0.6 is 0 Å². The maximum atomic E-state index is 5.64. The monoisotopic (exact) mass is 239 g/mol. The fourth-order valence-electron chi connectivity index (χ4n) is 1.78. The average molecular weight is 239 g/mol. The maximum absolute atomic E-state index is 5.64. The molecule has 0 radical (unpaired) electrons. The molecule has 1 aromatic rings. The predicted molar refractivity (Wildman–Crippen MR) is 69.8 cm³/mol. The molecule has 0 saturated heterocycles. The van der Waals surface area contributed by atoms with Crippen molar-refractivity contribution in [1.29, 1.82) is 0 Å². The smallest absolute Gasteiger partial charge is 0.129 e. The van der Waals surface area contributed by atoms with E-state index in [1.54, 1.807) is 0 Å². The van der Waals surface area contributed by atoms with Gasteiger partial charge in [0.15, 0.2) is 0 Å². The molecule has 1 aromatic heterocycles. The average Bonchev–Trinajstić information content (AvgIpc) is 2.75. The van der Waals surface area contributed by atoms with E-state index in [1.807, 2.05) is 12.1 Å². The summed E-state index contributed by atoms with van der Waals surface area (Å²) in [7, 11) is 0. The summed E-state index contributed by atoms with van der Waals surface area (Å²) >= 11 is 0. The minimum absolute atomic E-state index is 0.584. The standard InChI is InChI=1S/C14H25NO2/c1-4-6-12(3)10-16-11-14-8-7-13(17-14)9-15-5-2/h7-8,12,15H,4-6,9-11H2,1-3H3. The number of ether oxygens (including phenoxy) is 1. The Morgan fingerprint density at radius 3 is 2.76 bits per heavy atom. The Morgan fingerprint density at radius 2 is 2.06 bits per heavy atom. The molecule has 0 aliphatic carbocycles. The van der Waals surface area contributed by atoms with Crippen molar-refractivity contribution >= 4 is 0 Å². The molecule has 1 heterocycles. The van der Waals surface area contributed by atoms with Crippen LogP contribution in [0.2, 0.25) is 0 Å². The first kappa shape index (κ1) is 14.3. The highest BCUT2D eigenvalue weighted by Crippen LogP contribution is 2.11. The lowest BCUT2D eigenvalue weighted by molar-refractivity contribution is 0.0768. The second-order valence-corrected chi connectivity index (χ2v) is 4.56. The van der Waals surface area contributed by atoms with Crippen molar-refractivity contribution < 1.29 is 9.15 Å². The van der Waals surface area contributed by atoms with Crippen LogP contribution in [0, 0.1) is 5.92 Å². The van der Waals surface area contributed by atoms with Crippen molar-refractivity contribution in [3.63, 3.8) is 0 Å². The van der Waals surface area contributed by atoms with Crippen molar-refractivity contribution in [2.75, 3.05) is 13.2 Å². The topological polar surface area (TPSA) is 34.4 Å².